The molecule has 1 unspecified atom stereocenters. The van der Waals surface area contributed by atoms with Crippen molar-refractivity contribution in [1.29, 1.82) is 0 Å². The number of aryl methyl sites for hydroxylation is 1. The molecule has 4 rings (SSSR count). The number of fused-ring (bicyclic) bond motifs is 1. The Morgan fingerprint density at radius 3 is 2.32 bits per heavy atom. The van der Waals surface area contributed by atoms with Gasteiger partial charge in [0.2, 0.25) is 11.8 Å². The summed E-state index contributed by atoms with van der Waals surface area (Å²) in [6, 6.07) is 5.00. The van der Waals surface area contributed by atoms with Crippen molar-refractivity contribution < 1.29 is 19.1 Å². The van der Waals surface area contributed by atoms with E-state index in [1.807, 2.05) is 39.0 Å². The molecule has 2 radical (unpaired) electrons. The summed E-state index contributed by atoms with van der Waals surface area (Å²) in [5, 5.41) is 2.32. The number of ether oxygens (including phenoxy) is 1. The number of nitrogens with zero attached hydrogens (tertiary/aromatic N) is 4. The van der Waals surface area contributed by atoms with Gasteiger partial charge in [-0.1, -0.05) is 0 Å². The molecule has 2 aliphatic heterocycles. The van der Waals surface area contributed by atoms with Crippen LogP contribution in [0.25, 0.3) is 11.0 Å². The number of amides is 3. The van der Waals surface area contributed by atoms with Crippen LogP contribution in [-0.2, 0) is 21.4 Å². The number of carbonyl (C=O) groups is 3. The number of piperazine rings is 1. The summed E-state index contributed by atoms with van der Waals surface area (Å²) < 4.78 is 8.46. The van der Waals surface area contributed by atoms with Gasteiger partial charge in [0.05, 0.1) is 11.0 Å². The molecule has 182 valence electrons. The van der Waals surface area contributed by atoms with Gasteiger partial charge in [-0.3, -0.25) is 24.0 Å². The van der Waals surface area contributed by atoms with Gasteiger partial charge in [-0.05, 0) is 45.4 Å². The summed E-state index contributed by atoms with van der Waals surface area (Å²) in [5.41, 5.74) is 1.49. The normalized spacial score (nSPS) is 18.9. The number of piperidine rings is 1. The molecule has 0 spiro atoms. The highest BCUT2D eigenvalue weighted by Gasteiger charge is 2.32. The molecule has 10 nitrogen and oxygen atoms in total. The smallest absolute Gasteiger partial charge is 0.410 e. The van der Waals surface area contributed by atoms with Gasteiger partial charge in [0.1, 0.15) is 11.6 Å². The van der Waals surface area contributed by atoms with E-state index in [4.69, 9.17) is 4.74 Å². The number of imidazole rings is 1. The molecule has 12 heteroatoms. The van der Waals surface area contributed by atoms with Gasteiger partial charge in [0.25, 0.3) is 0 Å². The van der Waals surface area contributed by atoms with E-state index in [0.29, 0.717) is 43.6 Å². The second-order valence-corrected chi connectivity index (χ2v) is 9.31. The van der Waals surface area contributed by atoms with Crippen molar-refractivity contribution in [3.8, 4) is 0 Å². The number of imide groups is 1. The third-order valence-electron chi connectivity index (χ3n) is 5.89. The zero-order chi connectivity index (χ0) is 25.2. The Kier molecular flexibility index (Phi) is 7.69. The summed E-state index contributed by atoms with van der Waals surface area (Å²) in [6.45, 7) is 7.93. The molecule has 3 amide bonds. The van der Waals surface area contributed by atoms with Gasteiger partial charge in [0.15, 0.2) is 7.12 Å². The first-order valence-corrected chi connectivity index (χ1v) is 11.6. The maximum atomic E-state index is 12.9. The molecular formula is C22H30BN5O5S. The van der Waals surface area contributed by atoms with E-state index in [2.05, 4.69) is 29.8 Å². The quantitative estimate of drug-likeness (QED) is 0.377. The molecule has 0 bridgehead atoms. The van der Waals surface area contributed by atoms with Crippen LogP contribution in [0.3, 0.4) is 0 Å². The Morgan fingerprint density at radius 1 is 1.09 bits per heavy atom. The Balaban J connectivity index is 0.00000158. The highest BCUT2D eigenvalue weighted by Crippen LogP contribution is 2.27. The van der Waals surface area contributed by atoms with E-state index in [9.17, 15) is 19.2 Å². The Labute approximate surface area is 204 Å². The number of carbonyl (C=O) groups excluding carboxylic acids is 3. The van der Waals surface area contributed by atoms with Gasteiger partial charge in [-0.15, -0.1) is 0 Å². The number of benzene rings is 1. The Bertz CT molecular complexity index is 1150. The number of thiol groups is 1. The number of hydrogen-bond donors (Lipinski definition) is 2. The van der Waals surface area contributed by atoms with E-state index in [1.165, 1.54) is 9.13 Å². The van der Waals surface area contributed by atoms with Crippen LogP contribution in [-0.4, -0.2) is 70.8 Å². The molecule has 2 fully saturated rings. The monoisotopic (exact) mass is 487 g/mol. The van der Waals surface area contributed by atoms with E-state index >= 15 is 0 Å². The molecular weight excluding hydrogens is 457 g/mol. The predicted octanol–water partition coefficient (Wildman–Crippen LogP) is 1.37. The van der Waals surface area contributed by atoms with Crippen LogP contribution in [0, 0.1) is 0 Å². The summed E-state index contributed by atoms with van der Waals surface area (Å²) in [6.07, 6.45) is 0.202. The minimum absolute atomic E-state index is 0.208. The summed E-state index contributed by atoms with van der Waals surface area (Å²) in [5.74, 6) is -0.759. The lowest BCUT2D eigenvalue weighted by molar-refractivity contribution is -0.135. The predicted molar refractivity (Wildman–Crippen MR) is 133 cm³/mol. The third kappa shape index (κ3) is 5.26. The minimum atomic E-state index is -0.702. The summed E-state index contributed by atoms with van der Waals surface area (Å²) >= 11 is 3.03. The number of aromatic nitrogens is 2. The first-order valence-electron chi connectivity index (χ1n) is 11.1. The van der Waals surface area contributed by atoms with Gasteiger partial charge in [-0.25, -0.2) is 22.1 Å². The van der Waals surface area contributed by atoms with Crippen molar-refractivity contribution in [2.24, 2.45) is 7.05 Å². The number of hydrogen-bond acceptors (Lipinski definition) is 7. The zero-order valence-electron chi connectivity index (χ0n) is 19.9. The number of nitrogens with one attached hydrogen (secondary N) is 1. The maximum absolute atomic E-state index is 12.9. The summed E-state index contributed by atoms with van der Waals surface area (Å²) in [7, 11) is 5.87. The van der Waals surface area contributed by atoms with Crippen LogP contribution in [0.2, 0.25) is 0 Å². The van der Waals surface area contributed by atoms with Crippen LogP contribution < -0.4 is 15.9 Å². The molecule has 2 aliphatic rings. The number of rotatable bonds is 2. The second kappa shape index (κ2) is 10.2. The molecule has 1 atom stereocenters. The fourth-order valence-electron chi connectivity index (χ4n) is 4.25. The van der Waals surface area contributed by atoms with Crippen LogP contribution >= 0.6 is 12.5 Å². The zero-order valence-corrected chi connectivity index (χ0v) is 20.8. The third-order valence-corrected chi connectivity index (χ3v) is 5.89. The van der Waals surface area contributed by atoms with E-state index < -0.39 is 17.6 Å². The molecule has 1 N–H and O–H groups in total. The van der Waals surface area contributed by atoms with Gasteiger partial charge in [-0.2, -0.15) is 0 Å². The number of anilines is 1. The minimum Gasteiger partial charge on any atom is -0.444 e. The highest BCUT2D eigenvalue weighted by atomic mass is 32.1. The Morgan fingerprint density at radius 2 is 1.74 bits per heavy atom. The van der Waals surface area contributed by atoms with Crippen molar-refractivity contribution >= 4 is 54.2 Å². The fourth-order valence-corrected chi connectivity index (χ4v) is 4.25. The molecule has 3 heterocycles. The largest absolute Gasteiger partial charge is 0.444 e. The van der Waals surface area contributed by atoms with Crippen LogP contribution in [0.4, 0.5) is 10.5 Å². The van der Waals surface area contributed by atoms with E-state index in [-0.39, 0.29) is 24.1 Å². The van der Waals surface area contributed by atoms with Gasteiger partial charge >= 0.3 is 11.8 Å². The van der Waals surface area contributed by atoms with E-state index in [0.717, 1.165) is 5.69 Å². The Hall–Kier alpha value is -2.89. The van der Waals surface area contributed by atoms with Crippen LogP contribution in [0.5, 0.6) is 0 Å². The highest BCUT2D eigenvalue weighted by molar-refractivity contribution is 8.03. The van der Waals surface area contributed by atoms with Crippen LogP contribution in [0.15, 0.2) is 23.0 Å². The van der Waals surface area contributed by atoms with Crippen molar-refractivity contribution in [2.45, 2.75) is 45.3 Å². The molecule has 2 saturated heterocycles. The van der Waals surface area contributed by atoms with E-state index in [1.54, 1.807) is 11.9 Å². The lowest BCUT2D eigenvalue weighted by atomic mass is 10.1. The fraction of sp³-hybridized carbons (Fsp3) is 0.545. The second-order valence-electron chi connectivity index (χ2n) is 9.31. The first kappa shape index (κ1) is 25.7. The lowest BCUT2D eigenvalue weighted by Crippen LogP contribution is -2.50. The molecule has 0 saturated carbocycles. The topological polar surface area (TPSA) is 106 Å². The van der Waals surface area contributed by atoms with Crippen molar-refractivity contribution in [3.05, 3.63) is 28.7 Å². The van der Waals surface area contributed by atoms with Crippen LogP contribution in [0.1, 0.15) is 39.7 Å². The molecule has 0 aliphatic carbocycles. The molecule has 1 aromatic carbocycles. The standard InChI is InChI=1S/C22H29N5O5.BHS/c1-22(2,3)32-21(31)26-11-9-25(10-12-26)14-5-6-15-17(13-14)24(4)20(30)27(15)16-7-8-18(28)23-19(16)29;1-2/h5-6,13,16H,7-12H2,1-4H3,(H,23,28,29);2H. The van der Waals surface area contributed by atoms with Gasteiger partial charge < -0.3 is 14.5 Å². The molecule has 1 aromatic heterocycles. The van der Waals surface area contributed by atoms with Crippen molar-refractivity contribution in [3.63, 3.8) is 0 Å². The SMILES string of the molecule is Cn1c(=O)n(C2CCC(=O)NC2=O)c2ccc(N3CCN(C(=O)OC(C)(C)C)CC3)cc21.[B]S. The van der Waals surface area contributed by atoms with Gasteiger partial charge in [0, 0.05) is 45.3 Å². The molecule has 34 heavy (non-hydrogen) atoms. The average Bonchev–Trinajstić information content (AvgIpc) is 3.04. The molecule has 2 aromatic rings. The lowest BCUT2D eigenvalue weighted by Gasteiger charge is -2.36. The first-order chi connectivity index (χ1) is 16.0. The van der Waals surface area contributed by atoms with Crippen molar-refractivity contribution in [2.75, 3.05) is 31.1 Å². The maximum Gasteiger partial charge on any atom is 0.410 e. The van der Waals surface area contributed by atoms with Crippen molar-refractivity contribution in [1.82, 2.24) is 19.4 Å². The average molecular weight is 487 g/mol. The summed E-state index contributed by atoms with van der Waals surface area (Å²) in [4.78, 5) is 52.9.